The number of rotatable bonds is 3. The molecule has 0 fully saturated rings. The van der Waals surface area contributed by atoms with Gasteiger partial charge in [0, 0.05) is 30.9 Å². The first-order valence-corrected chi connectivity index (χ1v) is 8.12. The van der Waals surface area contributed by atoms with E-state index in [9.17, 15) is 14.9 Å². The molecule has 0 radical (unpaired) electrons. The lowest BCUT2D eigenvalue weighted by Gasteiger charge is -2.10. The van der Waals surface area contributed by atoms with E-state index in [-0.39, 0.29) is 11.6 Å². The quantitative estimate of drug-likeness (QED) is 0.436. The van der Waals surface area contributed by atoms with Crippen LogP contribution in [0, 0.1) is 22.0 Å². The normalized spacial score (nSPS) is 9.81. The maximum absolute atomic E-state index is 11.6. The molecule has 1 amide bonds. The second-order valence-corrected chi connectivity index (χ2v) is 5.71. The smallest absolute Gasteiger partial charge is 0.278 e. The van der Waals surface area contributed by atoms with E-state index in [0.29, 0.717) is 27.9 Å². The van der Waals surface area contributed by atoms with Crippen molar-refractivity contribution in [2.75, 3.05) is 5.32 Å². The van der Waals surface area contributed by atoms with Gasteiger partial charge in [0.05, 0.1) is 21.7 Å². The highest BCUT2D eigenvalue weighted by Crippen LogP contribution is 2.34. The van der Waals surface area contributed by atoms with E-state index in [1.165, 1.54) is 13.0 Å². The molecule has 0 bridgehead atoms. The lowest BCUT2D eigenvalue weighted by Crippen LogP contribution is -2.08. The maximum atomic E-state index is 11.6. The second kappa shape index (κ2) is 7.93. The van der Waals surface area contributed by atoms with E-state index in [4.69, 9.17) is 0 Å². The molecule has 6 heteroatoms. The molecule has 2 aromatic carbocycles. The van der Waals surface area contributed by atoms with Crippen molar-refractivity contribution in [3.05, 3.63) is 88.2 Å². The molecule has 27 heavy (non-hydrogen) atoms. The van der Waals surface area contributed by atoms with Gasteiger partial charge in [-0.3, -0.25) is 19.9 Å². The molecule has 3 rings (SSSR count). The van der Waals surface area contributed by atoms with Crippen molar-refractivity contribution < 1.29 is 9.72 Å². The standard InChI is InChI=1S/C21H15N3O3/c1-15(25)23-20-14-19(17-5-3-2-4-6-17)21(24(26)27)13-18(20)8-7-16-9-11-22-12-10-16/h2-6,9-14H,1H3,(H,23,25). The number of nitro groups is 1. The van der Waals surface area contributed by atoms with Crippen LogP contribution in [0.2, 0.25) is 0 Å². The Morgan fingerprint density at radius 3 is 2.41 bits per heavy atom. The van der Waals surface area contributed by atoms with Gasteiger partial charge in [-0.2, -0.15) is 0 Å². The van der Waals surface area contributed by atoms with Crippen LogP contribution in [-0.2, 0) is 4.79 Å². The number of amides is 1. The minimum absolute atomic E-state index is 0.0747. The molecule has 0 aliphatic rings. The number of nitrogens with one attached hydrogen (secondary N) is 1. The van der Waals surface area contributed by atoms with Gasteiger partial charge in [0.2, 0.25) is 5.91 Å². The van der Waals surface area contributed by atoms with E-state index >= 15 is 0 Å². The number of nitro benzene ring substituents is 1. The summed E-state index contributed by atoms with van der Waals surface area (Å²) in [5.41, 5.74) is 2.54. The molecule has 0 aliphatic carbocycles. The zero-order chi connectivity index (χ0) is 19.2. The van der Waals surface area contributed by atoms with Gasteiger partial charge in [-0.05, 0) is 23.8 Å². The summed E-state index contributed by atoms with van der Waals surface area (Å²) in [4.78, 5) is 26.7. The highest BCUT2D eigenvalue weighted by atomic mass is 16.6. The molecule has 132 valence electrons. The molecule has 1 N–H and O–H groups in total. The molecule has 0 atom stereocenters. The van der Waals surface area contributed by atoms with Crippen LogP contribution in [0.4, 0.5) is 11.4 Å². The summed E-state index contributed by atoms with van der Waals surface area (Å²) >= 11 is 0. The van der Waals surface area contributed by atoms with E-state index in [1.807, 2.05) is 6.07 Å². The SMILES string of the molecule is CC(=O)Nc1cc(-c2ccccc2)c([N+](=O)[O-])cc1C#Cc1ccncc1. The maximum Gasteiger partial charge on any atom is 0.278 e. The van der Waals surface area contributed by atoms with Gasteiger partial charge >= 0.3 is 0 Å². The molecule has 0 unspecified atom stereocenters. The number of aromatic nitrogens is 1. The first-order valence-electron chi connectivity index (χ1n) is 8.12. The highest BCUT2D eigenvalue weighted by Gasteiger charge is 2.19. The molecule has 0 spiro atoms. The topological polar surface area (TPSA) is 85.1 Å². The Morgan fingerprint density at radius 2 is 1.78 bits per heavy atom. The van der Waals surface area contributed by atoms with Gasteiger partial charge in [-0.25, -0.2) is 0 Å². The number of carbonyl (C=O) groups is 1. The molecule has 1 heterocycles. The number of carbonyl (C=O) groups excluding carboxylic acids is 1. The fourth-order valence-electron chi connectivity index (χ4n) is 2.56. The fraction of sp³-hybridized carbons (Fsp3) is 0.0476. The summed E-state index contributed by atoms with van der Waals surface area (Å²) < 4.78 is 0. The van der Waals surface area contributed by atoms with Crippen molar-refractivity contribution in [2.24, 2.45) is 0 Å². The van der Waals surface area contributed by atoms with Crippen LogP contribution in [0.25, 0.3) is 11.1 Å². The molecular formula is C21H15N3O3. The van der Waals surface area contributed by atoms with E-state index < -0.39 is 4.92 Å². The molecule has 6 nitrogen and oxygen atoms in total. The summed E-state index contributed by atoms with van der Waals surface area (Å²) in [6.07, 6.45) is 3.22. The van der Waals surface area contributed by atoms with Crippen molar-refractivity contribution in [1.82, 2.24) is 4.98 Å². The van der Waals surface area contributed by atoms with Crippen LogP contribution >= 0.6 is 0 Å². The average molecular weight is 357 g/mol. The number of hydrogen-bond donors (Lipinski definition) is 1. The number of hydrogen-bond acceptors (Lipinski definition) is 4. The van der Waals surface area contributed by atoms with Gasteiger partial charge < -0.3 is 5.32 Å². The van der Waals surface area contributed by atoms with Crippen LogP contribution in [0.15, 0.2) is 67.0 Å². The highest BCUT2D eigenvalue weighted by molar-refractivity contribution is 5.93. The Kier molecular flexibility index (Phi) is 5.24. The third kappa shape index (κ3) is 4.35. The number of benzene rings is 2. The van der Waals surface area contributed by atoms with E-state index in [0.717, 1.165) is 0 Å². The Bertz CT molecular complexity index is 1050. The molecule has 1 aromatic heterocycles. The van der Waals surface area contributed by atoms with Crippen molar-refractivity contribution in [2.45, 2.75) is 6.92 Å². The van der Waals surface area contributed by atoms with E-state index in [2.05, 4.69) is 22.1 Å². The predicted octanol–water partition coefficient (Wildman–Crippen LogP) is 4.02. The molecule has 0 saturated heterocycles. The Labute approximate surface area is 156 Å². The average Bonchev–Trinajstić information content (AvgIpc) is 2.67. The van der Waals surface area contributed by atoms with Gasteiger partial charge in [-0.1, -0.05) is 42.2 Å². The van der Waals surface area contributed by atoms with Crippen molar-refractivity contribution in [3.8, 4) is 23.0 Å². The third-order valence-corrected chi connectivity index (χ3v) is 3.75. The first kappa shape index (κ1) is 17.8. The van der Waals surface area contributed by atoms with Crippen molar-refractivity contribution in [1.29, 1.82) is 0 Å². The van der Waals surface area contributed by atoms with Gasteiger partial charge in [0.1, 0.15) is 0 Å². The van der Waals surface area contributed by atoms with E-state index in [1.54, 1.807) is 54.9 Å². The monoisotopic (exact) mass is 357 g/mol. The summed E-state index contributed by atoms with van der Waals surface area (Å²) in [5.74, 6) is 5.57. The molecule has 0 saturated carbocycles. The Morgan fingerprint density at radius 1 is 1.07 bits per heavy atom. The van der Waals surface area contributed by atoms with Crippen LogP contribution in [0.5, 0.6) is 0 Å². The third-order valence-electron chi connectivity index (χ3n) is 3.75. The van der Waals surface area contributed by atoms with Gasteiger partial charge in [0.25, 0.3) is 5.69 Å². The van der Waals surface area contributed by atoms with Crippen LogP contribution in [-0.4, -0.2) is 15.8 Å². The Balaban J connectivity index is 2.18. The largest absolute Gasteiger partial charge is 0.325 e. The lowest BCUT2D eigenvalue weighted by atomic mass is 9.99. The van der Waals surface area contributed by atoms with Crippen LogP contribution in [0.1, 0.15) is 18.1 Å². The summed E-state index contributed by atoms with van der Waals surface area (Å²) in [7, 11) is 0. The zero-order valence-corrected chi connectivity index (χ0v) is 14.5. The predicted molar refractivity (Wildman–Crippen MR) is 103 cm³/mol. The summed E-state index contributed by atoms with van der Waals surface area (Å²) in [5, 5.41) is 14.3. The van der Waals surface area contributed by atoms with Gasteiger partial charge in [-0.15, -0.1) is 0 Å². The molecular weight excluding hydrogens is 342 g/mol. The Hall–Kier alpha value is -3.98. The van der Waals surface area contributed by atoms with Crippen molar-refractivity contribution >= 4 is 17.3 Å². The van der Waals surface area contributed by atoms with Gasteiger partial charge in [0.15, 0.2) is 0 Å². The van der Waals surface area contributed by atoms with Crippen LogP contribution < -0.4 is 5.32 Å². The number of pyridine rings is 1. The lowest BCUT2D eigenvalue weighted by molar-refractivity contribution is -0.384. The molecule has 0 aliphatic heterocycles. The number of anilines is 1. The molecule has 3 aromatic rings. The summed E-state index contributed by atoms with van der Waals surface area (Å²) in [6, 6.07) is 15.4. The fourth-order valence-corrected chi connectivity index (χ4v) is 2.56. The number of nitrogens with zero attached hydrogens (tertiary/aromatic N) is 2. The minimum Gasteiger partial charge on any atom is -0.325 e. The van der Waals surface area contributed by atoms with Crippen molar-refractivity contribution in [3.63, 3.8) is 0 Å². The van der Waals surface area contributed by atoms with Crippen LogP contribution in [0.3, 0.4) is 0 Å². The zero-order valence-electron chi connectivity index (χ0n) is 14.5. The first-order chi connectivity index (χ1) is 13.0. The minimum atomic E-state index is -0.447. The second-order valence-electron chi connectivity index (χ2n) is 5.71. The summed E-state index contributed by atoms with van der Waals surface area (Å²) in [6.45, 7) is 1.38.